The number of benzene rings is 1. The molecule has 72 valence electrons. The predicted molar refractivity (Wildman–Crippen MR) is 58.0 cm³/mol. The highest BCUT2D eigenvalue weighted by molar-refractivity contribution is 8.13. The van der Waals surface area contributed by atoms with Crippen molar-refractivity contribution >= 4 is 28.2 Å². The van der Waals surface area contributed by atoms with Gasteiger partial charge in [-0.05, 0) is 29.6 Å². The highest BCUT2D eigenvalue weighted by atomic mass is 32.2. The minimum atomic E-state index is 0.374. The smallest absolute Gasteiger partial charge is 0.145 e. The zero-order valence-corrected chi connectivity index (χ0v) is 8.37. The second kappa shape index (κ2) is 3.79. The van der Waals surface area contributed by atoms with Gasteiger partial charge in [-0.15, -0.1) is 16.7 Å². The van der Waals surface area contributed by atoms with Gasteiger partial charge in [0.25, 0.3) is 0 Å². The summed E-state index contributed by atoms with van der Waals surface area (Å²) in [6.45, 7) is 0.502. The molecule has 1 aromatic carbocycles. The summed E-state index contributed by atoms with van der Waals surface area (Å²) in [6, 6.07) is 4.95. The van der Waals surface area contributed by atoms with Crippen molar-refractivity contribution in [2.45, 2.75) is 0 Å². The Hall–Kier alpha value is -1.36. The van der Waals surface area contributed by atoms with E-state index in [4.69, 9.17) is 4.74 Å². The molecule has 1 aliphatic rings. The van der Waals surface area contributed by atoms with Crippen LogP contribution in [0.4, 0.5) is 11.4 Å². The molecular weight excluding hydrogens is 200 g/mol. The lowest BCUT2D eigenvalue weighted by Crippen LogP contribution is -2.11. The van der Waals surface area contributed by atoms with Crippen LogP contribution >= 0.6 is 11.8 Å². The van der Waals surface area contributed by atoms with Gasteiger partial charge in [-0.1, -0.05) is 0 Å². The van der Waals surface area contributed by atoms with Crippen LogP contribution in [0.1, 0.15) is 0 Å². The number of hydrogen-bond acceptors (Lipinski definition) is 5. The van der Waals surface area contributed by atoms with E-state index in [9.17, 15) is 4.91 Å². The van der Waals surface area contributed by atoms with E-state index in [0.29, 0.717) is 23.7 Å². The summed E-state index contributed by atoms with van der Waals surface area (Å²) in [5.74, 6) is 0.704. The van der Waals surface area contributed by atoms with Crippen molar-refractivity contribution in [3.05, 3.63) is 23.1 Å². The second-order valence-corrected chi connectivity index (χ2v) is 3.62. The van der Waals surface area contributed by atoms with Crippen LogP contribution in [0.5, 0.6) is 5.75 Å². The predicted octanol–water partition coefficient (Wildman–Crippen LogP) is 2.87. The van der Waals surface area contributed by atoms with E-state index in [1.165, 1.54) is 11.8 Å². The van der Waals surface area contributed by atoms with E-state index in [1.807, 2.05) is 6.26 Å². The van der Waals surface area contributed by atoms with Crippen LogP contribution in [-0.2, 0) is 0 Å². The number of aliphatic imine (C=N–C) groups is 1. The first-order valence-corrected chi connectivity index (χ1v) is 5.27. The molecule has 0 atom stereocenters. The third-order valence-electron chi connectivity index (χ3n) is 1.88. The van der Waals surface area contributed by atoms with Gasteiger partial charge in [-0.2, -0.15) is 0 Å². The fourth-order valence-corrected chi connectivity index (χ4v) is 1.55. The fraction of sp³-hybridized carbons (Fsp3) is 0.222. The van der Waals surface area contributed by atoms with Crippen molar-refractivity contribution < 1.29 is 4.74 Å². The van der Waals surface area contributed by atoms with Crippen LogP contribution in [0.2, 0.25) is 0 Å². The largest absolute Gasteiger partial charge is 0.484 e. The zero-order valence-electron chi connectivity index (χ0n) is 7.56. The van der Waals surface area contributed by atoms with E-state index < -0.39 is 0 Å². The van der Waals surface area contributed by atoms with Gasteiger partial charge in [0, 0.05) is 0 Å². The molecule has 1 aromatic rings. The van der Waals surface area contributed by atoms with Crippen molar-refractivity contribution in [2.24, 2.45) is 10.2 Å². The molecule has 0 spiro atoms. The summed E-state index contributed by atoms with van der Waals surface area (Å²) >= 11 is 1.54. The van der Waals surface area contributed by atoms with Gasteiger partial charge in [-0.3, -0.25) is 0 Å². The van der Waals surface area contributed by atoms with Crippen LogP contribution in [0.15, 0.2) is 28.4 Å². The maximum Gasteiger partial charge on any atom is 0.145 e. The SMILES string of the molecule is CSC1=Nc2cc(N=O)ccc2OC1. The summed E-state index contributed by atoms with van der Waals surface area (Å²) in [5, 5.41) is 3.75. The van der Waals surface area contributed by atoms with Gasteiger partial charge < -0.3 is 4.74 Å². The molecule has 0 radical (unpaired) electrons. The number of hydrogen-bond donors (Lipinski definition) is 0. The van der Waals surface area contributed by atoms with Crippen LogP contribution in [-0.4, -0.2) is 17.9 Å². The molecule has 0 bridgehead atoms. The summed E-state index contributed by atoms with van der Waals surface area (Å²) in [6.07, 6.45) is 1.94. The molecular formula is C9H8N2O2S. The summed E-state index contributed by atoms with van der Waals surface area (Å²) < 4.78 is 5.43. The average molecular weight is 208 g/mol. The molecule has 5 heteroatoms. The van der Waals surface area contributed by atoms with E-state index in [-0.39, 0.29) is 0 Å². The topological polar surface area (TPSA) is 51.0 Å². The van der Waals surface area contributed by atoms with Crippen LogP contribution in [0.3, 0.4) is 0 Å². The summed E-state index contributed by atoms with van der Waals surface area (Å²) in [5.41, 5.74) is 1.05. The van der Waals surface area contributed by atoms with Gasteiger partial charge in [0.1, 0.15) is 28.8 Å². The summed E-state index contributed by atoms with van der Waals surface area (Å²) in [7, 11) is 0. The Bertz CT molecular complexity index is 404. The molecule has 0 saturated heterocycles. The normalized spacial score (nSPS) is 13.9. The maximum absolute atomic E-state index is 10.3. The third kappa shape index (κ3) is 1.63. The van der Waals surface area contributed by atoms with E-state index in [0.717, 1.165) is 5.04 Å². The van der Waals surface area contributed by atoms with Crippen molar-refractivity contribution in [3.8, 4) is 5.75 Å². The molecule has 14 heavy (non-hydrogen) atoms. The number of ether oxygens (including phenoxy) is 1. The first-order chi connectivity index (χ1) is 6.83. The van der Waals surface area contributed by atoms with E-state index in [1.54, 1.807) is 18.2 Å². The molecule has 2 rings (SSSR count). The van der Waals surface area contributed by atoms with Crippen molar-refractivity contribution in [1.29, 1.82) is 0 Å². The highest BCUT2D eigenvalue weighted by Crippen LogP contribution is 2.35. The monoisotopic (exact) mass is 208 g/mol. The van der Waals surface area contributed by atoms with Gasteiger partial charge in [-0.25, -0.2) is 4.99 Å². The molecule has 4 nitrogen and oxygen atoms in total. The fourth-order valence-electron chi connectivity index (χ4n) is 1.18. The molecule has 0 aliphatic carbocycles. The number of fused-ring (bicyclic) bond motifs is 1. The molecule has 0 N–H and O–H groups in total. The first-order valence-electron chi connectivity index (χ1n) is 4.05. The second-order valence-electron chi connectivity index (χ2n) is 2.74. The zero-order chi connectivity index (χ0) is 9.97. The number of rotatable bonds is 1. The van der Waals surface area contributed by atoms with Crippen molar-refractivity contribution in [1.82, 2.24) is 0 Å². The Morgan fingerprint density at radius 2 is 2.43 bits per heavy atom. The Morgan fingerprint density at radius 1 is 1.57 bits per heavy atom. The number of nitrogens with zero attached hydrogens (tertiary/aromatic N) is 2. The lowest BCUT2D eigenvalue weighted by molar-refractivity contribution is 0.375. The number of thioether (sulfide) groups is 1. The molecule has 1 heterocycles. The standard InChI is InChI=1S/C9H8N2O2S/c1-14-9-5-13-8-3-2-6(11-12)4-7(8)10-9/h2-4H,5H2,1H3. The molecule has 0 saturated carbocycles. The highest BCUT2D eigenvalue weighted by Gasteiger charge is 2.12. The minimum absolute atomic E-state index is 0.374. The Balaban J connectivity index is 2.44. The molecule has 0 fully saturated rings. The molecule has 0 amide bonds. The Labute approximate surface area is 85.3 Å². The van der Waals surface area contributed by atoms with Crippen LogP contribution in [0.25, 0.3) is 0 Å². The lowest BCUT2D eigenvalue weighted by atomic mass is 10.2. The van der Waals surface area contributed by atoms with E-state index >= 15 is 0 Å². The van der Waals surface area contributed by atoms with Gasteiger partial charge >= 0.3 is 0 Å². The minimum Gasteiger partial charge on any atom is -0.484 e. The number of nitroso groups, excluding NO2 is 1. The Morgan fingerprint density at radius 3 is 3.14 bits per heavy atom. The molecule has 1 aliphatic heterocycles. The summed E-state index contributed by atoms with van der Waals surface area (Å²) in [4.78, 5) is 14.6. The molecule has 0 unspecified atom stereocenters. The maximum atomic E-state index is 10.3. The quantitative estimate of drug-likeness (QED) is 0.667. The van der Waals surface area contributed by atoms with Gasteiger partial charge in [0.15, 0.2) is 0 Å². The molecule has 0 aromatic heterocycles. The van der Waals surface area contributed by atoms with Crippen LogP contribution < -0.4 is 4.74 Å². The van der Waals surface area contributed by atoms with Gasteiger partial charge in [0.05, 0.1) is 0 Å². The lowest BCUT2D eigenvalue weighted by Gasteiger charge is -2.15. The first kappa shape index (κ1) is 9.21. The third-order valence-corrected chi connectivity index (χ3v) is 2.56. The van der Waals surface area contributed by atoms with Crippen molar-refractivity contribution in [2.75, 3.05) is 12.9 Å². The average Bonchev–Trinajstić information content (AvgIpc) is 2.27. The van der Waals surface area contributed by atoms with Crippen LogP contribution in [0, 0.1) is 4.91 Å². The van der Waals surface area contributed by atoms with E-state index in [2.05, 4.69) is 10.2 Å². The van der Waals surface area contributed by atoms with Gasteiger partial charge in [0.2, 0.25) is 0 Å². The van der Waals surface area contributed by atoms with Crippen molar-refractivity contribution in [3.63, 3.8) is 0 Å². The Kier molecular flexibility index (Phi) is 2.49.